The third-order valence-corrected chi connectivity index (χ3v) is 9.13. The maximum atomic E-state index is 12.4. The van der Waals surface area contributed by atoms with Gasteiger partial charge in [-0.2, -0.15) is 0 Å². The smallest absolute Gasteiger partial charge is 0.271 e. The predicted octanol–water partition coefficient (Wildman–Crippen LogP) is -0.422. The van der Waals surface area contributed by atoms with Crippen LogP contribution in [0.25, 0.3) is 0 Å². The van der Waals surface area contributed by atoms with Crippen molar-refractivity contribution < 1.29 is 14.3 Å². The highest BCUT2D eigenvalue weighted by Crippen LogP contribution is 2.35. The molecule has 3 aliphatic heterocycles. The molecule has 2 aromatic rings. The Kier molecular flexibility index (Phi) is 10.1. The molecule has 0 aliphatic carbocycles. The molecule has 11 nitrogen and oxygen atoms in total. The van der Waals surface area contributed by atoms with Crippen LogP contribution in [-0.4, -0.2) is 126 Å². The van der Waals surface area contributed by atoms with Crippen LogP contribution < -0.4 is 26.0 Å². The van der Waals surface area contributed by atoms with E-state index in [4.69, 9.17) is 20.2 Å². The summed E-state index contributed by atoms with van der Waals surface area (Å²) in [6.45, 7) is 9.99. The van der Waals surface area contributed by atoms with Gasteiger partial charge in [0.05, 0.1) is 18.5 Å². The van der Waals surface area contributed by atoms with Crippen LogP contribution in [0.4, 0.5) is 23.0 Å². The first kappa shape index (κ1) is 31.5. The summed E-state index contributed by atoms with van der Waals surface area (Å²) in [4.78, 5) is 29.5. The van der Waals surface area contributed by atoms with Gasteiger partial charge in [-0.25, -0.2) is 9.97 Å². The summed E-state index contributed by atoms with van der Waals surface area (Å²) in [5.74, 6) is 1.17. The molecule has 0 saturated carbocycles. The van der Waals surface area contributed by atoms with Crippen LogP contribution in [0.3, 0.4) is 0 Å². The Hall–Kier alpha value is -2.96. The lowest BCUT2D eigenvalue weighted by Crippen LogP contribution is -2.60. The number of primary amides is 1. The molecule has 4 N–H and O–H groups in total. The van der Waals surface area contributed by atoms with Crippen molar-refractivity contribution in [2.24, 2.45) is 5.73 Å². The highest BCUT2D eigenvalue weighted by atomic mass is 16.5. The number of nitrogens with two attached hydrogens (primary N) is 1. The topological polar surface area (TPSA) is 121 Å². The van der Waals surface area contributed by atoms with Crippen LogP contribution in [0.5, 0.6) is 5.75 Å². The number of anilines is 4. The molecule has 1 aromatic heterocycles. The third kappa shape index (κ3) is 7.59. The molecule has 0 radical (unpaired) electrons. The Balaban J connectivity index is 1.27. The predicted molar refractivity (Wildman–Crippen MR) is 180 cm³/mol. The third-order valence-electron chi connectivity index (χ3n) is 9.13. The minimum atomic E-state index is -0.617. The van der Waals surface area contributed by atoms with E-state index in [1.54, 1.807) is 7.11 Å². The summed E-state index contributed by atoms with van der Waals surface area (Å²) in [5.41, 5.74) is 8.42. The van der Waals surface area contributed by atoms with Crippen LogP contribution in [0, 0.1) is 0 Å². The minimum absolute atomic E-state index is 0.128. The molecule has 3 fully saturated rings. The van der Waals surface area contributed by atoms with Gasteiger partial charge in [0.2, 0.25) is 0 Å². The zero-order valence-electron chi connectivity index (χ0n) is 26.6. The maximum Gasteiger partial charge on any atom is 0.271 e. The van der Waals surface area contributed by atoms with Gasteiger partial charge in [0.1, 0.15) is 29.3 Å². The monoisotopic (exact) mass is 588 g/mol. The molecule has 14 heteroatoms. The Morgan fingerprint density at radius 3 is 2.35 bits per heavy atom. The number of nitrogens with zero attached hydrogens (tertiary/aromatic N) is 5. The van der Waals surface area contributed by atoms with Gasteiger partial charge in [0.15, 0.2) is 17.3 Å². The Morgan fingerprint density at radius 2 is 1.74 bits per heavy atom. The molecule has 0 bridgehead atoms. The normalized spacial score (nSPS) is 19.7. The second-order valence-electron chi connectivity index (χ2n) is 12.9. The van der Waals surface area contributed by atoms with Crippen molar-refractivity contribution in [3.63, 3.8) is 0 Å². The molecule has 4 heterocycles. The molecule has 0 atom stereocenters. The number of rotatable bonds is 10. The minimum Gasteiger partial charge on any atom is -0.495 e. The van der Waals surface area contributed by atoms with E-state index < -0.39 is 5.91 Å². The summed E-state index contributed by atoms with van der Waals surface area (Å²) in [7, 11) is 8.63. The average molecular weight is 588 g/mol. The lowest BCUT2D eigenvalue weighted by Gasteiger charge is -2.47. The lowest BCUT2D eigenvalue weighted by atomic mass is 9.48. The fourth-order valence-electron chi connectivity index (χ4n) is 6.51. The van der Waals surface area contributed by atoms with Crippen molar-refractivity contribution in [1.82, 2.24) is 19.8 Å². The summed E-state index contributed by atoms with van der Waals surface area (Å²) in [6.07, 6.45) is 4.71. The molecule has 230 valence electrons. The summed E-state index contributed by atoms with van der Waals surface area (Å²) < 4.78 is 11.4. The Labute approximate surface area is 258 Å². The lowest BCUT2D eigenvalue weighted by molar-refractivity contribution is 0.0830. The molecule has 1 aromatic carbocycles. The van der Waals surface area contributed by atoms with Gasteiger partial charge in [-0.05, 0) is 44.2 Å². The molecule has 3 aliphatic rings. The number of amides is 1. The zero-order valence-corrected chi connectivity index (χ0v) is 26.6. The van der Waals surface area contributed by atoms with E-state index >= 15 is 0 Å². The number of carbonyl (C=O) groups is 1. The summed E-state index contributed by atoms with van der Waals surface area (Å²) in [6, 6.07) is 6.92. The van der Waals surface area contributed by atoms with Gasteiger partial charge in [-0.15, -0.1) is 0 Å². The van der Waals surface area contributed by atoms with Crippen LogP contribution >= 0.6 is 0 Å². The fraction of sp³-hybridized carbons (Fsp3) is 0.621. The number of piperidine rings is 1. The quantitative estimate of drug-likeness (QED) is 0.316. The van der Waals surface area contributed by atoms with Crippen molar-refractivity contribution in [1.29, 1.82) is 0 Å². The highest BCUT2D eigenvalue weighted by Gasteiger charge is 2.31. The first-order chi connectivity index (χ1) is 20.7. The number of benzene rings is 1. The number of methoxy groups -OCH3 is 1. The SMILES string of the molecule is BC(B)(B)N1CCN(C2CCN(c3ccc(Nc4nc(NC5CCOCC5)c(CC)nc4C(N)=O)cc3OC)CC2)CC1. The first-order valence-corrected chi connectivity index (χ1v) is 15.9. The van der Waals surface area contributed by atoms with Crippen molar-refractivity contribution >= 4 is 52.5 Å². The van der Waals surface area contributed by atoms with Crippen LogP contribution in [0.1, 0.15) is 48.8 Å². The Bertz CT molecular complexity index is 1260. The number of aromatic nitrogens is 2. The molecular formula is C29H47B3N8O3. The molecule has 5 rings (SSSR count). The average Bonchev–Trinajstić information content (AvgIpc) is 3.01. The number of piperazine rings is 1. The molecule has 1 amide bonds. The van der Waals surface area contributed by atoms with E-state index in [-0.39, 0.29) is 17.0 Å². The second-order valence-corrected chi connectivity index (χ2v) is 12.9. The van der Waals surface area contributed by atoms with Crippen LogP contribution in [0.15, 0.2) is 18.2 Å². The fourth-order valence-corrected chi connectivity index (χ4v) is 6.51. The first-order valence-electron chi connectivity index (χ1n) is 15.9. The zero-order chi connectivity index (χ0) is 30.6. The van der Waals surface area contributed by atoms with Crippen molar-refractivity contribution in [3.8, 4) is 5.75 Å². The number of hydrogen-bond acceptors (Lipinski definition) is 10. The molecule has 0 unspecified atom stereocenters. The summed E-state index contributed by atoms with van der Waals surface area (Å²) >= 11 is 0. The highest BCUT2D eigenvalue weighted by molar-refractivity contribution is 6.59. The van der Waals surface area contributed by atoms with Crippen molar-refractivity contribution in [2.75, 3.05) is 75.1 Å². The van der Waals surface area contributed by atoms with Crippen LogP contribution in [0.2, 0.25) is 0 Å². The molecule has 3 saturated heterocycles. The second kappa shape index (κ2) is 13.8. The van der Waals surface area contributed by atoms with E-state index in [9.17, 15) is 4.79 Å². The standard InChI is InChI=1S/C29H47B3N8O3/c1-3-22-27(34-19-8-16-43-17-9-19)37-28(25(36-22)26(33)41)35-20-4-5-23(24(18-20)42-2)39-10-6-21(7-11-39)38-12-14-40(15-13-38)29(30,31)32/h4-5,18-19,21H,3,6-17,30-32H2,1-2H3,(H2,33,41)(H2,34,35,37). The van der Waals surface area contributed by atoms with Crippen molar-refractivity contribution in [2.45, 2.75) is 56.3 Å². The van der Waals surface area contributed by atoms with Gasteiger partial charge in [-0.1, -0.05) is 12.2 Å². The van der Waals surface area contributed by atoms with Gasteiger partial charge in [0, 0.05) is 76.3 Å². The number of aryl methyl sites for hydroxylation is 1. The van der Waals surface area contributed by atoms with E-state index in [1.165, 1.54) is 0 Å². The summed E-state index contributed by atoms with van der Waals surface area (Å²) in [5, 5.41) is 7.06. The maximum absolute atomic E-state index is 12.4. The number of ether oxygens (including phenoxy) is 2. The Morgan fingerprint density at radius 1 is 1.05 bits per heavy atom. The molecule has 43 heavy (non-hydrogen) atoms. The molecule has 0 spiro atoms. The number of nitrogens with one attached hydrogen (secondary N) is 2. The van der Waals surface area contributed by atoms with Gasteiger partial charge in [-0.3, -0.25) is 9.69 Å². The van der Waals surface area contributed by atoms with Gasteiger partial charge < -0.3 is 35.6 Å². The largest absolute Gasteiger partial charge is 0.495 e. The van der Waals surface area contributed by atoms with Crippen molar-refractivity contribution in [3.05, 3.63) is 29.6 Å². The van der Waals surface area contributed by atoms with E-state index in [2.05, 4.69) is 59.9 Å². The van der Waals surface area contributed by atoms with E-state index in [0.717, 1.165) is 101 Å². The van der Waals surface area contributed by atoms with E-state index in [0.29, 0.717) is 24.1 Å². The van der Waals surface area contributed by atoms with Gasteiger partial charge in [0.25, 0.3) is 5.91 Å². The number of carbonyl (C=O) groups excluding carboxylic acids is 1. The molecular weight excluding hydrogens is 541 g/mol. The van der Waals surface area contributed by atoms with Gasteiger partial charge >= 0.3 is 0 Å². The van der Waals surface area contributed by atoms with E-state index in [1.807, 2.05) is 19.1 Å². The van der Waals surface area contributed by atoms with Crippen LogP contribution in [-0.2, 0) is 11.2 Å². The number of hydrogen-bond donors (Lipinski definition) is 3.